The van der Waals surface area contributed by atoms with Crippen molar-refractivity contribution in [3.8, 4) is 0 Å². The van der Waals surface area contributed by atoms with Crippen molar-refractivity contribution in [3.05, 3.63) is 42.5 Å². The first-order valence-electron chi connectivity index (χ1n) is 6.25. The van der Waals surface area contributed by atoms with Crippen LogP contribution in [0.15, 0.2) is 36.9 Å². The van der Waals surface area contributed by atoms with Gasteiger partial charge in [0.25, 0.3) is 0 Å². The molecule has 1 aliphatic rings. The van der Waals surface area contributed by atoms with Crippen molar-refractivity contribution in [3.63, 3.8) is 0 Å². The Balaban J connectivity index is 2.29. The minimum atomic E-state index is -0.538. The monoisotopic (exact) mass is 259 g/mol. The van der Waals surface area contributed by atoms with Crippen LogP contribution in [0.25, 0.3) is 0 Å². The molecule has 0 spiro atoms. The summed E-state index contributed by atoms with van der Waals surface area (Å²) in [5.41, 5.74) is 1.02. The van der Waals surface area contributed by atoms with E-state index in [0.29, 0.717) is 5.69 Å². The van der Waals surface area contributed by atoms with Gasteiger partial charge in [0, 0.05) is 5.69 Å². The second-order valence-electron chi connectivity index (χ2n) is 4.70. The van der Waals surface area contributed by atoms with Gasteiger partial charge in [0.2, 0.25) is 5.91 Å². The minimum absolute atomic E-state index is 0.203. The molecule has 0 aliphatic heterocycles. The summed E-state index contributed by atoms with van der Waals surface area (Å²) in [6, 6.07) is 7.35. The van der Waals surface area contributed by atoms with Crippen LogP contribution >= 0.6 is 0 Å². The molecule has 1 fully saturated rings. The van der Waals surface area contributed by atoms with Gasteiger partial charge < -0.3 is 10.1 Å². The average Bonchev–Trinajstić information content (AvgIpc) is 2.37. The topological polar surface area (TPSA) is 55.4 Å². The number of carbonyl (C=O) groups is 2. The molecule has 100 valence electrons. The lowest BCUT2D eigenvalue weighted by Crippen LogP contribution is -2.43. The summed E-state index contributed by atoms with van der Waals surface area (Å²) < 4.78 is 4.91. The molecular formula is C15H17NO3. The van der Waals surface area contributed by atoms with Crippen LogP contribution < -0.4 is 5.32 Å². The Kier molecular flexibility index (Phi) is 3.69. The van der Waals surface area contributed by atoms with E-state index in [0.717, 1.165) is 24.8 Å². The van der Waals surface area contributed by atoms with Gasteiger partial charge in [-0.2, -0.15) is 0 Å². The highest BCUT2D eigenvalue weighted by molar-refractivity contribution is 5.99. The van der Waals surface area contributed by atoms with E-state index in [1.54, 1.807) is 6.07 Å². The molecule has 1 aliphatic carbocycles. The van der Waals surface area contributed by atoms with Gasteiger partial charge in [-0.25, -0.2) is 0 Å². The van der Waals surface area contributed by atoms with Crippen molar-refractivity contribution in [1.29, 1.82) is 0 Å². The normalized spacial score (nSPS) is 16.1. The molecule has 0 heterocycles. The van der Waals surface area contributed by atoms with Crippen LogP contribution in [0.5, 0.6) is 0 Å². The van der Waals surface area contributed by atoms with Gasteiger partial charge in [-0.3, -0.25) is 9.59 Å². The van der Waals surface area contributed by atoms with E-state index in [9.17, 15) is 9.59 Å². The fourth-order valence-electron chi connectivity index (χ4n) is 2.42. The van der Waals surface area contributed by atoms with Gasteiger partial charge in [0.1, 0.15) is 0 Å². The average molecular weight is 259 g/mol. The summed E-state index contributed by atoms with van der Waals surface area (Å²) in [6.07, 6.45) is 3.81. The van der Waals surface area contributed by atoms with Gasteiger partial charge >= 0.3 is 5.97 Å². The highest BCUT2D eigenvalue weighted by Crippen LogP contribution is 2.45. The van der Waals surface area contributed by atoms with Crippen LogP contribution in [-0.2, 0) is 19.7 Å². The number of benzene rings is 1. The predicted molar refractivity (Wildman–Crippen MR) is 72.8 cm³/mol. The molecule has 0 unspecified atom stereocenters. The Labute approximate surface area is 112 Å². The quantitative estimate of drug-likeness (QED) is 0.667. The summed E-state index contributed by atoms with van der Waals surface area (Å²) in [5.74, 6) is -0.469. The van der Waals surface area contributed by atoms with E-state index in [4.69, 9.17) is 4.74 Å². The fourth-order valence-corrected chi connectivity index (χ4v) is 2.42. The molecule has 4 nitrogen and oxygen atoms in total. The molecule has 1 saturated carbocycles. The Morgan fingerprint density at radius 3 is 2.68 bits per heavy atom. The van der Waals surface area contributed by atoms with Gasteiger partial charge in [-0.05, 0) is 36.6 Å². The number of amides is 1. The highest BCUT2D eigenvalue weighted by Gasteiger charge is 2.46. The summed E-state index contributed by atoms with van der Waals surface area (Å²) in [4.78, 5) is 23.3. The molecule has 4 heteroatoms. The number of ether oxygens (including phenoxy) is 1. The second-order valence-corrected chi connectivity index (χ2v) is 4.70. The van der Waals surface area contributed by atoms with Gasteiger partial charge in [0.05, 0.1) is 12.5 Å². The minimum Gasteiger partial charge on any atom is -0.468 e. The number of hydrogen-bond donors (Lipinski definition) is 1. The maximum atomic E-state index is 12.0. The largest absolute Gasteiger partial charge is 0.468 e. The smallest absolute Gasteiger partial charge is 0.316 e. The molecule has 0 atom stereocenters. The maximum Gasteiger partial charge on any atom is 0.316 e. The van der Waals surface area contributed by atoms with E-state index in [2.05, 4.69) is 11.9 Å². The first-order valence-corrected chi connectivity index (χ1v) is 6.25. The summed E-state index contributed by atoms with van der Waals surface area (Å²) in [7, 11) is 1.41. The van der Waals surface area contributed by atoms with E-state index in [1.165, 1.54) is 13.2 Å². The van der Waals surface area contributed by atoms with Crippen molar-refractivity contribution < 1.29 is 14.3 Å². The summed E-state index contributed by atoms with van der Waals surface area (Å²) in [6.45, 7) is 3.41. The molecule has 1 aromatic rings. The van der Waals surface area contributed by atoms with Crippen molar-refractivity contribution in [1.82, 2.24) is 0 Å². The molecule has 1 N–H and O–H groups in total. The molecule has 0 bridgehead atoms. The first-order chi connectivity index (χ1) is 9.12. The molecule has 0 aromatic heterocycles. The zero-order valence-corrected chi connectivity index (χ0v) is 10.9. The predicted octanol–water partition coefficient (Wildman–Crippen LogP) is 2.41. The lowest BCUT2D eigenvalue weighted by atomic mass is 9.64. The third kappa shape index (κ3) is 2.38. The lowest BCUT2D eigenvalue weighted by Gasteiger charge is -2.39. The molecule has 19 heavy (non-hydrogen) atoms. The number of anilines is 1. The number of carbonyl (C=O) groups excluding carboxylic acids is 2. The number of methoxy groups -OCH3 is 1. The van der Waals surface area contributed by atoms with Gasteiger partial charge in [0.15, 0.2) is 0 Å². The standard InChI is InChI=1S/C15H17NO3/c1-3-13(17)16-12-7-4-6-11(10-12)15(8-5-9-15)14(18)19-2/h3-4,6-7,10H,1,5,8-9H2,2H3,(H,16,17). The van der Waals surface area contributed by atoms with Crippen molar-refractivity contribution in [2.24, 2.45) is 0 Å². The van der Waals surface area contributed by atoms with Crippen molar-refractivity contribution in [2.45, 2.75) is 24.7 Å². The van der Waals surface area contributed by atoms with Crippen LogP contribution in [0, 0.1) is 0 Å². The summed E-state index contributed by atoms with van der Waals surface area (Å²) in [5, 5.41) is 2.70. The molecule has 0 radical (unpaired) electrons. The highest BCUT2D eigenvalue weighted by atomic mass is 16.5. The number of rotatable bonds is 4. The van der Waals surface area contributed by atoms with Crippen LogP contribution in [0.1, 0.15) is 24.8 Å². The Morgan fingerprint density at radius 1 is 1.42 bits per heavy atom. The first kappa shape index (κ1) is 13.3. The lowest BCUT2D eigenvalue weighted by molar-refractivity contribution is -0.151. The molecular weight excluding hydrogens is 242 g/mol. The number of nitrogens with one attached hydrogen (secondary N) is 1. The zero-order valence-electron chi connectivity index (χ0n) is 10.9. The van der Waals surface area contributed by atoms with E-state index in [1.807, 2.05) is 18.2 Å². The van der Waals surface area contributed by atoms with E-state index in [-0.39, 0.29) is 11.9 Å². The molecule has 2 rings (SSSR count). The van der Waals surface area contributed by atoms with Crippen LogP contribution in [0.2, 0.25) is 0 Å². The Hall–Kier alpha value is -2.10. The third-order valence-electron chi connectivity index (χ3n) is 3.65. The van der Waals surface area contributed by atoms with Crippen LogP contribution in [-0.4, -0.2) is 19.0 Å². The Bertz CT molecular complexity index is 518. The third-order valence-corrected chi connectivity index (χ3v) is 3.65. The number of esters is 1. The molecule has 0 saturated heterocycles. The van der Waals surface area contributed by atoms with Gasteiger partial charge in [-0.1, -0.05) is 25.1 Å². The molecule has 1 amide bonds. The second kappa shape index (κ2) is 5.26. The van der Waals surface area contributed by atoms with Gasteiger partial charge in [-0.15, -0.1) is 0 Å². The van der Waals surface area contributed by atoms with Crippen molar-refractivity contribution >= 4 is 17.6 Å². The SMILES string of the molecule is C=CC(=O)Nc1cccc(C2(C(=O)OC)CCC2)c1. The van der Waals surface area contributed by atoms with E-state index >= 15 is 0 Å². The van der Waals surface area contributed by atoms with Crippen molar-refractivity contribution in [2.75, 3.05) is 12.4 Å². The Morgan fingerprint density at radius 2 is 2.16 bits per heavy atom. The maximum absolute atomic E-state index is 12.0. The van der Waals surface area contributed by atoms with Crippen LogP contribution in [0.3, 0.4) is 0 Å². The fraction of sp³-hybridized carbons (Fsp3) is 0.333. The summed E-state index contributed by atoms with van der Waals surface area (Å²) >= 11 is 0. The molecule has 1 aromatic carbocycles. The zero-order chi connectivity index (χ0) is 13.9. The number of hydrogen-bond acceptors (Lipinski definition) is 3. The van der Waals surface area contributed by atoms with Crippen LogP contribution in [0.4, 0.5) is 5.69 Å². The van der Waals surface area contributed by atoms with E-state index < -0.39 is 5.41 Å².